The lowest BCUT2D eigenvalue weighted by atomic mass is 9.77. The minimum atomic E-state index is 0.452. The van der Waals surface area contributed by atoms with Gasteiger partial charge in [-0.2, -0.15) is 0 Å². The highest BCUT2D eigenvalue weighted by Gasteiger charge is 2.36. The SMILES string of the molecule is CCNC1c2ccccc2C(C)CC1N(C)C(C)C(C)C. The molecule has 0 radical (unpaired) electrons. The summed E-state index contributed by atoms with van der Waals surface area (Å²) in [7, 11) is 2.31. The molecule has 2 nitrogen and oxygen atoms in total. The van der Waals surface area contributed by atoms with E-state index in [-0.39, 0.29) is 0 Å². The third-order valence-electron chi connectivity index (χ3n) is 5.40. The summed E-state index contributed by atoms with van der Waals surface area (Å²) < 4.78 is 0. The van der Waals surface area contributed by atoms with Crippen LogP contribution in [0.2, 0.25) is 0 Å². The third kappa shape index (κ3) is 3.32. The summed E-state index contributed by atoms with van der Waals surface area (Å²) in [4.78, 5) is 2.60. The molecular formula is C19H32N2. The molecule has 0 amide bonds. The maximum absolute atomic E-state index is 3.74. The molecule has 0 saturated carbocycles. The zero-order chi connectivity index (χ0) is 15.6. The highest BCUT2D eigenvalue weighted by Crippen LogP contribution is 2.40. The molecule has 1 aliphatic carbocycles. The first-order valence-corrected chi connectivity index (χ1v) is 8.51. The van der Waals surface area contributed by atoms with E-state index in [9.17, 15) is 0 Å². The van der Waals surface area contributed by atoms with Gasteiger partial charge in [0, 0.05) is 18.1 Å². The van der Waals surface area contributed by atoms with Crippen molar-refractivity contribution in [3.8, 4) is 0 Å². The Hall–Kier alpha value is -0.860. The molecule has 0 bridgehead atoms. The highest BCUT2D eigenvalue weighted by atomic mass is 15.2. The molecule has 0 fully saturated rings. The summed E-state index contributed by atoms with van der Waals surface area (Å²) in [6.45, 7) is 12.6. The van der Waals surface area contributed by atoms with Crippen LogP contribution in [0, 0.1) is 5.92 Å². The van der Waals surface area contributed by atoms with Crippen LogP contribution >= 0.6 is 0 Å². The van der Waals surface area contributed by atoms with E-state index < -0.39 is 0 Å². The lowest BCUT2D eigenvalue weighted by Gasteiger charge is -2.45. The maximum atomic E-state index is 3.74. The van der Waals surface area contributed by atoms with E-state index >= 15 is 0 Å². The fraction of sp³-hybridized carbons (Fsp3) is 0.684. The van der Waals surface area contributed by atoms with Crippen molar-refractivity contribution in [2.45, 2.75) is 65.1 Å². The van der Waals surface area contributed by atoms with Crippen molar-refractivity contribution in [3.63, 3.8) is 0 Å². The Morgan fingerprint density at radius 2 is 1.81 bits per heavy atom. The van der Waals surface area contributed by atoms with Crippen LogP contribution < -0.4 is 5.32 Å². The van der Waals surface area contributed by atoms with E-state index in [2.05, 4.69) is 76.1 Å². The van der Waals surface area contributed by atoms with Gasteiger partial charge in [0.15, 0.2) is 0 Å². The van der Waals surface area contributed by atoms with Gasteiger partial charge in [0.1, 0.15) is 0 Å². The molecule has 4 atom stereocenters. The van der Waals surface area contributed by atoms with E-state index in [0.717, 1.165) is 6.54 Å². The first kappa shape index (κ1) is 16.5. The zero-order valence-corrected chi connectivity index (χ0v) is 14.6. The Morgan fingerprint density at radius 1 is 1.19 bits per heavy atom. The number of nitrogens with one attached hydrogen (secondary N) is 1. The van der Waals surface area contributed by atoms with Crippen molar-refractivity contribution in [2.75, 3.05) is 13.6 Å². The summed E-state index contributed by atoms with van der Waals surface area (Å²) in [5.74, 6) is 1.33. The molecule has 21 heavy (non-hydrogen) atoms. The number of likely N-dealkylation sites (N-methyl/N-ethyl adjacent to an activating group) is 2. The van der Waals surface area contributed by atoms with E-state index in [4.69, 9.17) is 0 Å². The molecule has 1 N–H and O–H groups in total. The van der Waals surface area contributed by atoms with Gasteiger partial charge in [0.2, 0.25) is 0 Å². The minimum absolute atomic E-state index is 0.452. The predicted molar refractivity (Wildman–Crippen MR) is 91.7 cm³/mol. The standard InChI is InChI=1S/C19H32N2/c1-7-20-19-17-11-9-8-10-16(17)14(4)12-18(19)21(6)15(5)13(2)3/h8-11,13-15,18-20H,7,12H2,1-6H3. The average Bonchev–Trinajstić information content (AvgIpc) is 2.48. The Balaban J connectivity index is 2.34. The smallest absolute Gasteiger partial charge is 0.0481 e. The van der Waals surface area contributed by atoms with Crippen molar-refractivity contribution < 1.29 is 0 Å². The van der Waals surface area contributed by atoms with E-state index in [1.165, 1.54) is 17.5 Å². The average molecular weight is 288 g/mol. The molecular weight excluding hydrogens is 256 g/mol. The van der Waals surface area contributed by atoms with Gasteiger partial charge >= 0.3 is 0 Å². The van der Waals surface area contributed by atoms with Crippen LogP contribution in [-0.4, -0.2) is 30.6 Å². The van der Waals surface area contributed by atoms with Crippen LogP contribution in [0.1, 0.15) is 64.1 Å². The van der Waals surface area contributed by atoms with Crippen LogP contribution in [0.5, 0.6) is 0 Å². The van der Waals surface area contributed by atoms with Gasteiger partial charge in [-0.1, -0.05) is 52.0 Å². The highest BCUT2D eigenvalue weighted by molar-refractivity contribution is 5.36. The number of rotatable bonds is 5. The predicted octanol–water partition coefficient (Wildman–Crippen LogP) is 4.19. The van der Waals surface area contributed by atoms with Gasteiger partial charge in [0.05, 0.1) is 0 Å². The largest absolute Gasteiger partial charge is 0.309 e. The van der Waals surface area contributed by atoms with Crippen LogP contribution in [0.4, 0.5) is 0 Å². The van der Waals surface area contributed by atoms with Crippen molar-refractivity contribution in [2.24, 2.45) is 5.92 Å². The monoisotopic (exact) mass is 288 g/mol. The van der Waals surface area contributed by atoms with Crippen molar-refractivity contribution in [3.05, 3.63) is 35.4 Å². The van der Waals surface area contributed by atoms with Crippen LogP contribution in [-0.2, 0) is 0 Å². The number of nitrogens with zero attached hydrogens (tertiary/aromatic N) is 1. The lowest BCUT2D eigenvalue weighted by Crippen LogP contribution is -2.50. The minimum Gasteiger partial charge on any atom is -0.309 e. The maximum Gasteiger partial charge on any atom is 0.0481 e. The molecule has 2 rings (SSSR count). The quantitative estimate of drug-likeness (QED) is 0.874. The normalized spacial score (nSPS) is 27.0. The molecule has 4 unspecified atom stereocenters. The van der Waals surface area contributed by atoms with Crippen LogP contribution in [0.15, 0.2) is 24.3 Å². The summed E-state index contributed by atoms with van der Waals surface area (Å²) >= 11 is 0. The van der Waals surface area contributed by atoms with Gasteiger partial charge < -0.3 is 5.32 Å². The molecule has 0 saturated heterocycles. The van der Waals surface area contributed by atoms with Gasteiger partial charge in [-0.15, -0.1) is 0 Å². The Morgan fingerprint density at radius 3 is 2.38 bits per heavy atom. The van der Waals surface area contributed by atoms with Gasteiger partial charge in [-0.05, 0) is 49.9 Å². The second-order valence-electron chi connectivity index (χ2n) is 7.02. The molecule has 0 spiro atoms. The summed E-state index contributed by atoms with van der Waals surface area (Å²) in [5.41, 5.74) is 3.04. The summed E-state index contributed by atoms with van der Waals surface area (Å²) in [5, 5.41) is 3.74. The van der Waals surface area contributed by atoms with E-state index in [1.54, 1.807) is 0 Å². The third-order valence-corrected chi connectivity index (χ3v) is 5.40. The first-order chi connectivity index (χ1) is 9.97. The molecule has 0 aliphatic heterocycles. The van der Waals surface area contributed by atoms with Gasteiger partial charge in [-0.3, -0.25) is 4.90 Å². The van der Waals surface area contributed by atoms with Crippen molar-refractivity contribution in [1.82, 2.24) is 10.2 Å². The molecule has 1 aliphatic rings. The van der Waals surface area contributed by atoms with Gasteiger partial charge in [-0.25, -0.2) is 0 Å². The molecule has 0 aromatic heterocycles. The van der Waals surface area contributed by atoms with E-state index in [0.29, 0.717) is 30.0 Å². The summed E-state index contributed by atoms with van der Waals surface area (Å²) in [6, 6.07) is 10.6. The molecule has 0 heterocycles. The van der Waals surface area contributed by atoms with Gasteiger partial charge in [0.25, 0.3) is 0 Å². The fourth-order valence-electron chi connectivity index (χ4n) is 3.72. The number of fused-ring (bicyclic) bond motifs is 1. The molecule has 1 aromatic carbocycles. The topological polar surface area (TPSA) is 15.3 Å². The van der Waals surface area contributed by atoms with Crippen LogP contribution in [0.3, 0.4) is 0 Å². The molecule has 118 valence electrons. The lowest BCUT2D eigenvalue weighted by molar-refractivity contribution is 0.100. The first-order valence-electron chi connectivity index (χ1n) is 8.51. The number of hydrogen-bond acceptors (Lipinski definition) is 2. The fourth-order valence-corrected chi connectivity index (χ4v) is 3.72. The Bertz CT molecular complexity index is 455. The second kappa shape index (κ2) is 6.93. The van der Waals surface area contributed by atoms with Crippen LogP contribution in [0.25, 0.3) is 0 Å². The number of benzene rings is 1. The van der Waals surface area contributed by atoms with E-state index in [1.807, 2.05) is 0 Å². The number of hydrogen-bond donors (Lipinski definition) is 1. The zero-order valence-electron chi connectivity index (χ0n) is 14.6. The Labute approximate surface area is 130 Å². The van der Waals surface area contributed by atoms with Crippen molar-refractivity contribution in [1.29, 1.82) is 0 Å². The molecule has 2 heteroatoms. The Kier molecular flexibility index (Phi) is 5.45. The second-order valence-corrected chi connectivity index (χ2v) is 7.02. The molecule has 1 aromatic rings. The summed E-state index contributed by atoms with van der Waals surface area (Å²) in [6.07, 6.45) is 1.24. The van der Waals surface area contributed by atoms with Crippen molar-refractivity contribution >= 4 is 0 Å².